The molecule has 0 atom stereocenters. The number of rotatable bonds is 6. The number of nitroso groups, excluding NO2 is 1. The molecule has 0 amide bonds. The fraction of sp³-hybridized carbons (Fsp3) is 0.500. The molecule has 0 saturated carbocycles. The zero-order chi connectivity index (χ0) is 14.6. The minimum Gasteiger partial charge on any atom is -0.493 e. The molecular formula is C10H14N2O6S. The summed E-state index contributed by atoms with van der Waals surface area (Å²) in [5.41, 5.74) is -1.53. The van der Waals surface area contributed by atoms with E-state index in [0.717, 1.165) is 17.1 Å². The molecule has 9 heteroatoms. The van der Waals surface area contributed by atoms with Gasteiger partial charge in [-0.25, -0.2) is 0 Å². The van der Waals surface area contributed by atoms with E-state index in [1.54, 1.807) is 0 Å². The van der Waals surface area contributed by atoms with Crippen molar-refractivity contribution in [1.29, 1.82) is 0 Å². The fourth-order valence-electron chi connectivity index (χ4n) is 1.61. The smallest absolute Gasteiger partial charge is 0.269 e. The van der Waals surface area contributed by atoms with Crippen molar-refractivity contribution in [3.8, 4) is 5.88 Å². The molecule has 1 rings (SSSR count). The van der Waals surface area contributed by atoms with E-state index in [4.69, 9.17) is 4.55 Å². The van der Waals surface area contributed by atoms with Gasteiger partial charge in [0.2, 0.25) is 5.88 Å². The summed E-state index contributed by atoms with van der Waals surface area (Å²) < 4.78 is 31.2. The van der Waals surface area contributed by atoms with E-state index in [0.29, 0.717) is 6.42 Å². The maximum absolute atomic E-state index is 11.7. The summed E-state index contributed by atoms with van der Waals surface area (Å²) >= 11 is 0. The number of hydrogen-bond acceptors (Lipinski definition) is 6. The average Bonchev–Trinajstić information content (AvgIpc) is 2.26. The lowest BCUT2D eigenvalue weighted by atomic mass is 10.2. The average molecular weight is 290 g/mol. The van der Waals surface area contributed by atoms with Gasteiger partial charge in [-0.05, 0) is 11.6 Å². The Morgan fingerprint density at radius 2 is 2.05 bits per heavy atom. The number of aromatic nitrogens is 1. The normalized spacial score (nSPS) is 11.5. The Morgan fingerprint density at radius 1 is 1.42 bits per heavy atom. The van der Waals surface area contributed by atoms with Crippen LogP contribution in [0.15, 0.2) is 16.0 Å². The number of aromatic hydroxyl groups is 1. The standard InChI is InChI=1S/C10H14N2O6S/c1-2-3-4-12-8(13)5-7(6-19(16,17)18)9(11-15)10(12)14/h5,14H,2-4,6H2,1H3,(H,16,17,18). The van der Waals surface area contributed by atoms with Crippen molar-refractivity contribution in [2.45, 2.75) is 32.1 Å². The molecule has 2 N–H and O–H groups in total. The first-order valence-corrected chi connectivity index (χ1v) is 7.15. The van der Waals surface area contributed by atoms with Crippen LogP contribution < -0.4 is 5.56 Å². The van der Waals surface area contributed by atoms with Crippen LogP contribution in [-0.4, -0.2) is 22.6 Å². The topological polar surface area (TPSA) is 126 Å². The third-order valence-corrected chi connectivity index (χ3v) is 3.18. The zero-order valence-electron chi connectivity index (χ0n) is 10.2. The molecule has 0 aromatic carbocycles. The van der Waals surface area contributed by atoms with E-state index in [1.807, 2.05) is 6.92 Å². The first kappa shape index (κ1) is 15.3. The summed E-state index contributed by atoms with van der Waals surface area (Å²) in [5, 5.41) is 12.3. The molecule has 1 aromatic heterocycles. The molecule has 0 fully saturated rings. The highest BCUT2D eigenvalue weighted by molar-refractivity contribution is 7.85. The molecule has 0 saturated heterocycles. The fourth-order valence-corrected chi connectivity index (χ4v) is 2.22. The highest BCUT2D eigenvalue weighted by atomic mass is 32.2. The SMILES string of the molecule is CCCCn1c(O)c(N=O)c(CS(=O)(=O)O)cc1=O. The van der Waals surface area contributed by atoms with Gasteiger partial charge in [-0.3, -0.25) is 13.9 Å². The highest BCUT2D eigenvalue weighted by Gasteiger charge is 2.19. The maximum atomic E-state index is 11.7. The van der Waals surface area contributed by atoms with Crippen LogP contribution in [0.5, 0.6) is 5.88 Å². The van der Waals surface area contributed by atoms with Gasteiger partial charge in [0.25, 0.3) is 15.7 Å². The minimum absolute atomic E-state index is 0.190. The van der Waals surface area contributed by atoms with Gasteiger partial charge in [-0.2, -0.15) is 8.42 Å². The van der Waals surface area contributed by atoms with Crippen LogP contribution in [0.2, 0.25) is 0 Å². The van der Waals surface area contributed by atoms with E-state index in [-0.39, 0.29) is 12.1 Å². The molecule has 19 heavy (non-hydrogen) atoms. The third-order valence-electron chi connectivity index (χ3n) is 2.50. The van der Waals surface area contributed by atoms with Crippen molar-refractivity contribution in [2.75, 3.05) is 0 Å². The van der Waals surface area contributed by atoms with Gasteiger partial charge in [-0.15, -0.1) is 4.91 Å². The Balaban J connectivity index is 3.38. The zero-order valence-corrected chi connectivity index (χ0v) is 11.1. The predicted octanol–water partition coefficient (Wildman–Crippen LogP) is 1.14. The molecule has 0 aliphatic carbocycles. The molecule has 8 nitrogen and oxygen atoms in total. The molecule has 1 aromatic rings. The van der Waals surface area contributed by atoms with Gasteiger partial charge in [0.15, 0.2) is 5.69 Å². The molecule has 106 valence electrons. The van der Waals surface area contributed by atoms with Gasteiger partial charge in [0, 0.05) is 18.2 Å². The van der Waals surface area contributed by atoms with Crippen molar-refractivity contribution >= 4 is 15.8 Å². The number of hydrogen-bond donors (Lipinski definition) is 2. The van der Waals surface area contributed by atoms with E-state index < -0.39 is 33.0 Å². The molecular weight excluding hydrogens is 276 g/mol. The predicted molar refractivity (Wildman–Crippen MR) is 68.0 cm³/mol. The van der Waals surface area contributed by atoms with Crippen LogP contribution >= 0.6 is 0 Å². The van der Waals surface area contributed by atoms with Gasteiger partial charge < -0.3 is 5.11 Å². The minimum atomic E-state index is -4.43. The second-order valence-electron chi connectivity index (χ2n) is 4.00. The summed E-state index contributed by atoms with van der Waals surface area (Å²) in [6.07, 6.45) is 1.37. The summed E-state index contributed by atoms with van der Waals surface area (Å²) in [5.74, 6) is -1.64. The Kier molecular flexibility index (Phi) is 4.78. The van der Waals surface area contributed by atoms with E-state index in [2.05, 4.69) is 5.18 Å². The highest BCUT2D eigenvalue weighted by Crippen LogP contribution is 2.30. The largest absolute Gasteiger partial charge is 0.493 e. The molecule has 0 bridgehead atoms. The Hall–Kier alpha value is -1.74. The molecule has 0 aliphatic rings. The lowest BCUT2D eigenvalue weighted by Crippen LogP contribution is -2.21. The lowest BCUT2D eigenvalue weighted by Gasteiger charge is -2.11. The van der Waals surface area contributed by atoms with Crippen molar-refractivity contribution in [1.82, 2.24) is 4.57 Å². The van der Waals surface area contributed by atoms with Crippen molar-refractivity contribution in [2.24, 2.45) is 5.18 Å². The lowest BCUT2D eigenvalue weighted by molar-refractivity contribution is 0.402. The Bertz CT molecular complexity index is 634. The number of nitrogens with zero attached hydrogens (tertiary/aromatic N) is 2. The van der Waals surface area contributed by atoms with Crippen molar-refractivity contribution < 1.29 is 18.1 Å². The van der Waals surface area contributed by atoms with Gasteiger partial charge in [0.1, 0.15) is 5.75 Å². The van der Waals surface area contributed by atoms with Gasteiger partial charge >= 0.3 is 0 Å². The molecule has 0 unspecified atom stereocenters. The summed E-state index contributed by atoms with van der Waals surface area (Å²) in [6, 6.07) is 0.875. The van der Waals surface area contributed by atoms with E-state index in [9.17, 15) is 23.2 Å². The second kappa shape index (κ2) is 5.93. The van der Waals surface area contributed by atoms with Crippen LogP contribution in [-0.2, 0) is 22.4 Å². The van der Waals surface area contributed by atoms with Crippen LogP contribution in [0.3, 0.4) is 0 Å². The van der Waals surface area contributed by atoms with Crippen LogP contribution in [0.4, 0.5) is 5.69 Å². The first-order valence-electron chi connectivity index (χ1n) is 5.54. The van der Waals surface area contributed by atoms with Gasteiger partial charge in [-0.1, -0.05) is 13.3 Å². The maximum Gasteiger partial charge on any atom is 0.269 e. The van der Waals surface area contributed by atoms with Gasteiger partial charge in [0.05, 0.1) is 0 Å². The van der Waals surface area contributed by atoms with E-state index in [1.165, 1.54) is 0 Å². The first-order chi connectivity index (χ1) is 8.80. The molecule has 0 aliphatic heterocycles. The monoisotopic (exact) mass is 290 g/mol. The summed E-state index contributed by atoms with van der Waals surface area (Å²) in [4.78, 5) is 22.4. The number of pyridine rings is 1. The van der Waals surface area contributed by atoms with Crippen LogP contribution in [0.1, 0.15) is 25.3 Å². The molecule has 0 spiro atoms. The van der Waals surface area contributed by atoms with Crippen molar-refractivity contribution in [3.63, 3.8) is 0 Å². The molecule has 1 heterocycles. The van der Waals surface area contributed by atoms with E-state index >= 15 is 0 Å². The summed E-state index contributed by atoms with van der Waals surface area (Å²) in [6.45, 7) is 2.07. The van der Waals surface area contributed by atoms with Crippen LogP contribution in [0, 0.1) is 4.91 Å². The van der Waals surface area contributed by atoms with Crippen LogP contribution in [0.25, 0.3) is 0 Å². The second-order valence-corrected chi connectivity index (χ2v) is 5.46. The molecule has 0 radical (unpaired) electrons. The van der Waals surface area contributed by atoms with Crippen molar-refractivity contribution in [3.05, 3.63) is 26.9 Å². The number of unbranched alkanes of at least 4 members (excludes halogenated alkanes) is 1. The Labute approximate surface area is 109 Å². The third kappa shape index (κ3) is 3.86. The summed E-state index contributed by atoms with van der Waals surface area (Å²) in [7, 11) is -4.43. The Morgan fingerprint density at radius 3 is 2.53 bits per heavy atom. The quantitative estimate of drug-likeness (QED) is 0.597.